The summed E-state index contributed by atoms with van der Waals surface area (Å²) < 4.78 is 0. The minimum Gasteiger partial charge on any atom is -0.391 e. The smallest absolute Gasteiger partial charge is 0.240 e. The number of rotatable bonds is 4. The zero-order valence-electron chi connectivity index (χ0n) is 11.5. The maximum absolute atomic E-state index is 12.1. The van der Waals surface area contributed by atoms with Crippen molar-refractivity contribution in [2.24, 2.45) is 0 Å². The summed E-state index contributed by atoms with van der Waals surface area (Å²) in [7, 11) is 0. The van der Waals surface area contributed by atoms with E-state index in [0.717, 1.165) is 0 Å². The first-order chi connectivity index (χ1) is 9.11. The van der Waals surface area contributed by atoms with Crippen LogP contribution >= 0.6 is 12.4 Å². The molecule has 0 aromatic carbocycles. The fourth-order valence-corrected chi connectivity index (χ4v) is 2.56. The predicted molar refractivity (Wildman–Crippen MR) is 77.6 cm³/mol. The highest BCUT2D eigenvalue weighted by atomic mass is 35.5. The number of nitrogens with zero attached hydrogens (tertiary/aromatic N) is 2. The largest absolute Gasteiger partial charge is 0.391 e. The molecule has 114 valence electrons. The lowest BCUT2D eigenvalue weighted by molar-refractivity contribution is -0.140. The first-order valence-electron chi connectivity index (χ1n) is 6.70. The number of carbonyl (C=O) groups excluding carboxylic acids is 2. The van der Waals surface area contributed by atoms with Gasteiger partial charge in [0.2, 0.25) is 11.8 Å². The zero-order valence-corrected chi connectivity index (χ0v) is 12.3. The molecule has 0 aromatic rings. The number of amides is 2. The van der Waals surface area contributed by atoms with E-state index < -0.39 is 12.1 Å². The van der Waals surface area contributed by atoms with E-state index in [4.69, 9.17) is 0 Å². The molecular formula is C13H22ClN3O3. The second-order valence-electron chi connectivity index (χ2n) is 5.07. The summed E-state index contributed by atoms with van der Waals surface area (Å²) in [5, 5.41) is 12.5. The summed E-state index contributed by atoms with van der Waals surface area (Å²) in [5.41, 5.74) is 0. The Morgan fingerprint density at radius 2 is 2.25 bits per heavy atom. The van der Waals surface area contributed by atoms with Crippen LogP contribution in [0.4, 0.5) is 0 Å². The Balaban J connectivity index is 0.00000200. The fourth-order valence-electron chi connectivity index (χ4n) is 2.56. The molecule has 2 fully saturated rings. The molecule has 0 radical (unpaired) electrons. The molecule has 0 aromatic heterocycles. The Hall–Kier alpha value is -1.11. The number of aliphatic hydroxyl groups excluding tert-OH is 1. The third-order valence-corrected chi connectivity index (χ3v) is 3.63. The van der Waals surface area contributed by atoms with Gasteiger partial charge in [0.15, 0.2) is 0 Å². The lowest BCUT2D eigenvalue weighted by atomic mass is 10.1. The van der Waals surface area contributed by atoms with Gasteiger partial charge in [-0.2, -0.15) is 0 Å². The summed E-state index contributed by atoms with van der Waals surface area (Å²) in [6, 6.07) is -0.445. The van der Waals surface area contributed by atoms with Gasteiger partial charge in [0, 0.05) is 32.7 Å². The number of halogens is 1. The van der Waals surface area contributed by atoms with Gasteiger partial charge in [-0.25, -0.2) is 0 Å². The van der Waals surface area contributed by atoms with Crippen molar-refractivity contribution in [3.8, 4) is 0 Å². The summed E-state index contributed by atoms with van der Waals surface area (Å²) in [6.45, 7) is 6.46. The highest BCUT2D eigenvalue weighted by Crippen LogP contribution is 2.13. The highest BCUT2D eigenvalue weighted by molar-refractivity contribution is 5.89. The molecule has 0 spiro atoms. The topological polar surface area (TPSA) is 72.9 Å². The number of nitrogens with one attached hydrogen (secondary N) is 1. The molecule has 2 aliphatic heterocycles. The number of aliphatic hydroxyl groups is 1. The second kappa shape index (κ2) is 7.61. The molecule has 2 rings (SSSR count). The van der Waals surface area contributed by atoms with Crippen LogP contribution in [0.15, 0.2) is 12.7 Å². The van der Waals surface area contributed by atoms with Crippen molar-refractivity contribution in [2.45, 2.75) is 25.0 Å². The first kappa shape index (κ1) is 16.9. The first-order valence-corrected chi connectivity index (χ1v) is 6.70. The van der Waals surface area contributed by atoms with Gasteiger partial charge >= 0.3 is 0 Å². The van der Waals surface area contributed by atoms with Gasteiger partial charge in [-0.3, -0.25) is 9.59 Å². The van der Waals surface area contributed by atoms with Crippen LogP contribution in [0.1, 0.15) is 12.8 Å². The minimum atomic E-state index is -0.445. The third kappa shape index (κ3) is 3.94. The van der Waals surface area contributed by atoms with E-state index in [1.165, 1.54) is 0 Å². The van der Waals surface area contributed by atoms with Crippen LogP contribution < -0.4 is 5.32 Å². The van der Waals surface area contributed by atoms with Crippen LogP contribution in [0.3, 0.4) is 0 Å². The maximum atomic E-state index is 12.1. The van der Waals surface area contributed by atoms with Gasteiger partial charge in [-0.15, -0.1) is 19.0 Å². The minimum absolute atomic E-state index is 0. The maximum Gasteiger partial charge on any atom is 0.240 e. The molecule has 2 aliphatic rings. The van der Waals surface area contributed by atoms with Crippen molar-refractivity contribution in [3.05, 3.63) is 12.7 Å². The lowest BCUT2D eigenvalue weighted by Crippen LogP contribution is -2.56. The van der Waals surface area contributed by atoms with Crippen LogP contribution in [0, 0.1) is 0 Å². The number of likely N-dealkylation sites (tertiary alicyclic amines) is 1. The summed E-state index contributed by atoms with van der Waals surface area (Å²) >= 11 is 0. The van der Waals surface area contributed by atoms with Gasteiger partial charge in [0.25, 0.3) is 0 Å². The van der Waals surface area contributed by atoms with Crippen LogP contribution in [-0.2, 0) is 9.59 Å². The number of hydrogen-bond acceptors (Lipinski definition) is 4. The summed E-state index contributed by atoms with van der Waals surface area (Å²) in [5.74, 6) is -0.109. The van der Waals surface area contributed by atoms with Gasteiger partial charge in [-0.1, -0.05) is 6.08 Å². The number of β-amino-alcohol motifs (C(OH)–C–C–N with tert-alkyl or cyclic N) is 1. The summed E-state index contributed by atoms with van der Waals surface area (Å²) in [4.78, 5) is 27.5. The Morgan fingerprint density at radius 3 is 2.85 bits per heavy atom. The van der Waals surface area contributed by atoms with Crippen LogP contribution in [-0.4, -0.2) is 71.6 Å². The average molecular weight is 304 g/mol. The Kier molecular flexibility index (Phi) is 6.45. The van der Waals surface area contributed by atoms with E-state index in [9.17, 15) is 14.7 Å². The monoisotopic (exact) mass is 303 g/mol. The molecule has 2 saturated heterocycles. The Morgan fingerprint density at radius 1 is 1.50 bits per heavy atom. The zero-order chi connectivity index (χ0) is 13.8. The van der Waals surface area contributed by atoms with E-state index in [1.54, 1.807) is 15.9 Å². The van der Waals surface area contributed by atoms with E-state index in [2.05, 4.69) is 11.9 Å². The van der Waals surface area contributed by atoms with Crippen LogP contribution in [0.25, 0.3) is 0 Å². The van der Waals surface area contributed by atoms with Crippen molar-refractivity contribution < 1.29 is 14.7 Å². The Labute approximate surface area is 125 Å². The van der Waals surface area contributed by atoms with Gasteiger partial charge in [0.1, 0.15) is 0 Å². The van der Waals surface area contributed by atoms with E-state index >= 15 is 0 Å². The molecule has 0 aliphatic carbocycles. The second-order valence-corrected chi connectivity index (χ2v) is 5.07. The van der Waals surface area contributed by atoms with E-state index in [1.807, 2.05) is 0 Å². The average Bonchev–Trinajstić information content (AvgIpc) is 2.81. The van der Waals surface area contributed by atoms with Crippen LogP contribution in [0.5, 0.6) is 0 Å². The van der Waals surface area contributed by atoms with Crippen molar-refractivity contribution in [1.29, 1.82) is 0 Å². The standard InChI is InChI=1S/C13H21N3O3.ClH/c1-2-5-15-7-4-14-11(13(15)19)8-12(18)16-6-3-10(17)9-16;/h2,10-11,14,17H,1,3-9H2;1H. The Bertz CT molecular complexity index is 378. The van der Waals surface area contributed by atoms with Crippen LogP contribution in [0.2, 0.25) is 0 Å². The summed E-state index contributed by atoms with van der Waals surface area (Å²) in [6.07, 6.45) is 2.06. The molecule has 0 saturated carbocycles. The molecule has 2 N–H and O–H groups in total. The van der Waals surface area contributed by atoms with Crippen molar-refractivity contribution in [3.63, 3.8) is 0 Å². The molecule has 7 heteroatoms. The number of hydrogen-bond donors (Lipinski definition) is 2. The van der Waals surface area contributed by atoms with Gasteiger partial charge < -0.3 is 20.2 Å². The fraction of sp³-hybridized carbons (Fsp3) is 0.692. The van der Waals surface area contributed by atoms with Crippen molar-refractivity contribution in [1.82, 2.24) is 15.1 Å². The highest BCUT2D eigenvalue weighted by Gasteiger charge is 2.32. The quantitative estimate of drug-likeness (QED) is 0.679. The molecule has 2 heterocycles. The van der Waals surface area contributed by atoms with Crippen molar-refractivity contribution in [2.75, 3.05) is 32.7 Å². The molecule has 0 bridgehead atoms. The number of carbonyl (C=O) groups is 2. The van der Waals surface area contributed by atoms with Crippen molar-refractivity contribution >= 4 is 24.2 Å². The molecule has 2 unspecified atom stereocenters. The van der Waals surface area contributed by atoms with E-state index in [-0.39, 0.29) is 30.6 Å². The normalized spacial score (nSPS) is 26.4. The molecule has 6 nitrogen and oxygen atoms in total. The molecule has 20 heavy (non-hydrogen) atoms. The molecular weight excluding hydrogens is 282 g/mol. The van der Waals surface area contributed by atoms with Gasteiger partial charge in [0.05, 0.1) is 18.6 Å². The third-order valence-electron chi connectivity index (χ3n) is 3.63. The van der Waals surface area contributed by atoms with E-state index in [0.29, 0.717) is 39.1 Å². The van der Waals surface area contributed by atoms with Gasteiger partial charge in [-0.05, 0) is 6.42 Å². The number of piperazine rings is 1. The predicted octanol–water partition coefficient (Wildman–Crippen LogP) is -0.622. The molecule has 2 amide bonds. The SMILES string of the molecule is C=CCN1CCNC(CC(=O)N2CCC(O)C2)C1=O.Cl. The lowest BCUT2D eigenvalue weighted by Gasteiger charge is -2.32. The molecule has 2 atom stereocenters.